The molecule has 0 saturated carbocycles. The third kappa shape index (κ3) is 4.54. The average molecular weight is 703 g/mol. The van der Waals surface area contributed by atoms with Crippen molar-refractivity contribution in [1.29, 1.82) is 0 Å². The zero-order valence-corrected chi connectivity index (χ0v) is 29.2. The van der Waals surface area contributed by atoms with Crippen LogP contribution >= 0.6 is 0 Å². The molecule has 0 spiro atoms. The summed E-state index contributed by atoms with van der Waals surface area (Å²) in [6.07, 6.45) is 8.90. The van der Waals surface area contributed by atoms with Crippen molar-refractivity contribution in [2.24, 2.45) is 0 Å². The monoisotopic (exact) mass is 700 g/mol. The van der Waals surface area contributed by atoms with Gasteiger partial charge in [0.25, 0.3) is 0 Å². The minimum atomic E-state index is -2.73. The summed E-state index contributed by atoms with van der Waals surface area (Å²) in [5.41, 5.74) is 16.5. The summed E-state index contributed by atoms with van der Waals surface area (Å²) < 4.78 is 4.15. The molecule has 2 atom stereocenters. The Bertz CT molecular complexity index is 2030. The van der Waals surface area contributed by atoms with E-state index in [2.05, 4.69) is 111 Å². The second-order valence-corrected chi connectivity index (χ2v) is 24.1. The van der Waals surface area contributed by atoms with Crippen LogP contribution in [0.3, 0.4) is 0 Å². The van der Waals surface area contributed by atoms with E-state index >= 15 is 0 Å². The van der Waals surface area contributed by atoms with Gasteiger partial charge in [0.1, 0.15) is 0 Å². The Morgan fingerprint density at radius 2 is 0.911 bits per heavy atom. The summed E-state index contributed by atoms with van der Waals surface area (Å²) in [7, 11) is 0. The van der Waals surface area contributed by atoms with Gasteiger partial charge in [0, 0.05) is 0 Å². The molecule has 3 aliphatic rings. The molecular formula is C40H32Cl2N2Zr. The van der Waals surface area contributed by atoms with Crippen LogP contribution in [0.4, 0.5) is 0 Å². The second kappa shape index (κ2) is 11.5. The van der Waals surface area contributed by atoms with Crippen LogP contribution < -0.4 is 24.8 Å². The van der Waals surface area contributed by atoms with Gasteiger partial charge in [-0.3, -0.25) is 0 Å². The summed E-state index contributed by atoms with van der Waals surface area (Å²) >= 11 is -2.73. The molecular weight excluding hydrogens is 671 g/mol. The van der Waals surface area contributed by atoms with Crippen molar-refractivity contribution in [1.82, 2.24) is 9.97 Å². The first kappa shape index (κ1) is 30.3. The Hall–Kier alpha value is -3.36. The predicted molar refractivity (Wildman–Crippen MR) is 177 cm³/mol. The topological polar surface area (TPSA) is 25.8 Å². The largest absolute Gasteiger partial charge is 1.00 e. The molecule has 4 aromatic carbocycles. The van der Waals surface area contributed by atoms with E-state index in [1.54, 1.807) is 22.3 Å². The standard InChI is InChI=1S/2C19H14N.C2H4.2ClH.Zr/c2*1-13-11-15-6-3-8-16(18(15)12-13)17-9-2-5-14-7-4-10-20-19(14)17;1-2;;;/h2*2-12H,1H3;1-2H2;2*1H;/q;;;;;+2/p-2. The average Bonchev–Trinajstić information content (AvgIpc) is 3.62. The molecule has 0 amide bonds. The van der Waals surface area contributed by atoms with Gasteiger partial charge in [-0.25, -0.2) is 0 Å². The van der Waals surface area contributed by atoms with E-state index in [0.717, 1.165) is 11.0 Å². The quantitative estimate of drug-likeness (QED) is 0.266. The number of pyridine rings is 2. The van der Waals surface area contributed by atoms with Gasteiger partial charge in [-0.05, 0) is 0 Å². The summed E-state index contributed by atoms with van der Waals surface area (Å²) in [5, 5.41) is 2.40. The molecule has 0 bridgehead atoms. The molecule has 45 heavy (non-hydrogen) atoms. The Morgan fingerprint density at radius 1 is 0.511 bits per heavy atom. The zero-order chi connectivity index (χ0) is 28.7. The van der Waals surface area contributed by atoms with Crippen LogP contribution in [0, 0.1) is 0 Å². The molecule has 1 saturated heterocycles. The number of rotatable bonds is 4. The van der Waals surface area contributed by atoms with Gasteiger partial charge in [0.05, 0.1) is 0 Å². The summed E-state index contributed by atoms with van der Waals surface area (Å²) in [6.45, 7) is 4.83. The van der Waals surface area contributed by atoms with Gasteiger partial charge < -0.3 is 24.8 Å². The van der Waals surface area contributed by atoms with Gasteiger partial charge in [0.2, 0.25) is 0 Å². The first-order valence-corrected chi connectivity index (χ1v) is 21.8. The Kier molecular flexibility index (Phi) is 7.72. The van der Waals surface area contributed by atoms with E-state index in [1.165, 1.54) is 52.4 Å². The molecule has 0 radical (unpaired) electrons. The normalized spacial score (nSPS) is 18.1. The maximum atomic E-state index is 4.81. The van der Waals surface area contributed by atoms with E-state index < -0.39 is 20.3 Å². The fraction of sp³-hybridized carbons (Fsp3) is 0.150. The number of nitrogens with zero attached hydrogens (tertiary/aromatic N) is 2. The zero-order valence-electron chi connectivity index (χ0n) is 25.3. The molecule has 2 aromatic heterocycles. The van der Waals surface area contributed by atoms with Gasteiger partial charge in [-0.15, -0.1) is 0 Å². The van der Waals surface area contributed by atoms with E-state index in [9.17, 15) is 0 Å². The molecule has 2 aliphatic carbocycles. The number of aromatic nitrogens is 2. The van der Waals surface area contributed by atoms with Crippen LogP contribution in [-0.4, -0.2) is 9.97 Å². The van der Waals surface area contributed by atoms with Gasteiger partial charge >= 0.3 is 259 Å². The Labute approximate surface area is 281 Å². The third-order valence-corrected chi connectivity index (χ3v) is 23.9. The molecule has 0 N–H and O–H groups in total. The fourth-order valence-electron chi connectivity index (χ4n) is 8.63. The van der Waals surface area contributed by atoms with Crippen molar-refractivity contribution in [2.75, 3.05) is 0 Å². The van der Waals surface area contributed by atoms with Crippen LogP contribution in [0.2, 0.25) is 8.26 Å². The molecule has 1 aliphatic heterocycles. The number of benzene rings is 4. The number of para-hydroxylation sites is 2. The summed E-state index contributed by atoms with van der Waals surface area (Å²) in [6, 6.07) is 35.7. The molecule has 2 nitrogen and oxygen atoms in total. The van der Waals surface area contributed by atoms with Crippen molar-refractivity contribution in [2.45, 2.75) is 29.4 Å². The molecule has 1 fully saturated rings. The first-order valence-electron chi connectivity index (χ1n) is 15.4. The molecule has 9 rings (SSSR count). The van der Waals surface area contributed by atoms with Crippen LogP contribution in [0.25, 0.3) is 56.2 Å². The van der Waals surface area contributed by atoms with Crippen molar-refractivity contribution < 1.29 is 45.1 Å². The van der Waals surface area contributed by atoms with E-state index in [4.69, 9.17) is 9.97 Å². The minimum absolute atomic E-state index is 0. The fourth-order valence-corrected chi connectivity index (χ4v) is 26.3. The second-order valence-electron chi connectivity index (χ2n) is 12.8. The van der Waals surface area contributed by atoms with Crippen molar-refractivity contribution >= 4 is 34.0 Å². The molecule has 220 valence electrons. The summed E-state index contributed by atoms with van der Waals surface area (Å²) in [4.78, 5) is 9.63. The Balaban J connectivity index is 0.00000163. The number of halogens is 2. The number of hydrogen-bond acceptors (Lipinski definition) is 2. The van der Waals surface area contributed by atoms with Crippen LogP contribution in [0.15, 0.2) is 121 Å². The van der Waals surface area contributed by atoms with Gasteiger partial charge in [-0.2, -0.15) is 0 Å². The van der Waals surface area contributed by atoms with Crippen LogP contribution in [0.5, 0.6) is 0 Å². The maximum Gasteiger partial charge on any atom is -1.00 e. The molecule has 6 aromatic rings. The van der Waals surface area contributed by atoms with E-state index in [-0.39, 0.29) is 24.8 Å². The van der Waals surface area contributed by atoms with E-state index in [0.29, 0.717) is 7.25 Å². The number of hydrogen-bond donors (Lipinski definition) is 0. The molecule has 2 unspecified atom stereocenters. The maximum absolute atomic E-state index is 4.81. The minimum Gasteiger partial charge on any atom is -1.00 e. The predicted octanol–water partition coefficient (Wildman–Crippen LogP) is 4.75. The third-order valence-electron chi connectivity index (χ3n) is 10.4. The van der Waals surface area contributed by atoms with E-state index in [1.807, 2.05) is 24.5 Å². The smallest absolute Gasteiger partial charge is 1.00 e. The molecule has 5 heteroatoms. The SMILES string of the molecule is CC1=Cc2c(-c3cccc4cccnc34)cccc2[CH]1[Zr+2]1([CH]2C(C)=Cc3c(-c4cccc5cccnc45)cccc32)[CH2][CH2]1.[Cl-].[Cl-]. The first-order chi connectivity index (χ1) is 21.1. The number of allylic oxidation sites excluding steroid dienone is 2. The Morgan fingerprint density at radius 3 is 1.36 bits per heavy atom. The summed E-state index contributed by atoms with van der Waals surface area (Å²) in [5.74, 6) is 0. The van der Waals surface area contributed by atoms with Gasteiger partial charge in [-0.1, -0.05) is 0 Å². The molecule has 3 heterocycles. The van der Waals surface area contributed by atoms with Crippen LogP contribution in [0.1, 0.15) is 43.4 Å². The van der Waals surface area contributed by atoms with Gasteiger partial charge in [0.15, 0.2) is 0 Å². The van der Waals surface area contributed by atoms with Crippen molar-refractivity contribution in [3.63, 3.8) is 0 Å². The van der Waals surface area contributed by atoms with Crippen molar-refractivity contribution in [3.8, 4) is 22.3 Å². The number of fused-ring (bicyclic) bond motifs is 4. The van der Waals surface area contributed by atoms with Crippen LogP contribution in [-0.2, 0) is 20.3 Å². The van der Waals surface area contributed by atoms with Crippen molar-refractivity contribution in [3.05, 3.63) is 143 Å².